The Hall–Kier alpha value is -2.11. The predicted molar refractivity (Wildman–Crippen MR) is 85.0 cm³/mol. The molecule has 6 heteroatoms. The van der Waals surface area contributed by atoms with Crippen molar-refractivity contribution < 1.29 is 9.18 Å². The fourth-order valence-electron chi connectivity index (χ4n) is 2.17. The molecule has 2 N–H and O–H groups in total. The molecule has 1 amide bonds. The summed E-state index contributed by atoms with van der Waals surface area (Å²) in [6, 6.07) is 6.42. The molecule has 1 aromatic carbocycles. The molecule has 0 unspecified atom stereocenters. The van der Waals surface area contributed by atoms with E-state index in [1.807, 2.05) is 11.9 Å². The van der Waals surface area contributed by atoms with Crippen molar-refractivity contribution in [1.29, 1.82) is 0 Å². The maximum Gasteiger partial charge on any atom is 0.223 e. The predicted octanol–water partition coefficient (Wildman–Crippen LogP) is 1.36. The van der Waals surface area contributed by atoms with Crippen molar-refractivity contribution in [1.82, 2.24) is 15.5 Å². The first-order valence-corrected chi connectivity index (χ1v) is 7.54. The normalized spacial score (nSPS) is 14.6. The molecule has 0 atom stereocenters. The summed E-state index contributed by atoms with van der Waals surface area (Å²) < 4.78 is 12.9. The number of hydrogen-bond donors (Lipinski definition) is 2. The van der Waals surface area contributed by atoms with Crippen LogP contribution in [0.15, 0.2) is 29.3 Å². The van der Waals surface area contributed by atoms with E-state index < -0.39 is 0 Å². The number of carbonyl (C=O) groups excluding carboxylic acids is 1. The minimum Gasteiger partial charge on any atom is -0.354 e. The molecule has 0 spiro atoms. The van der Waals surface area contributed by atoms with Gasteiger partial charge in [0.2, 0.25) is 5.91 Å². The lowest BCUT2D eigenvalue weighted by molar-refractivity contribution is -0.122. The highest BCUT2D eigenvalue weighted by atomic mass is 19.1. The maximum absolute atomic E-state index is 12.9. The Balaban J connectivity index is 1.72. The first kappa shape index (κ1) is 16.3. The molecule has 5 nitrogen and oxygen atoms in total. The summed E-state index contributed by atoms with van der Waals surface area (Å²) in [6.07, 6.45) is 2.03. The minimum absolute atomic E-state index is 0.149. The van der Waals surface area contributed by atoms with Crippen LogP contribution < -0.4 is 10.6 Å². The lowest BCUT2D eigenvalue weighted by atomic mass is 10.2. The monoisotopic (exact) mass is 306 g/mol. The van der Waals surface area contributed by atoms with Gasteiger partial charge in [0, 0.05) is 39.6 Å². The van der Waals surface area contributed by atoms with Gasteiger partial charge in [-0.3, -0.25) is 9.79 Å². The number of rotatable bonds is 6. The Labute approximate surface area is 130 Å². The van der Waals surface area contributed by atoms with Crippen molar-refractivity contribution >= 4 is 11.9 Å². The van der Waals surface area contributed by atoms with Crippen LogP contribution >= 0.6 is 0 Å². The van der Waals surface area contributed by atoms with E-state index in [0.29, 0.717) is 19.6 Å². The molecule has 1 aromatic rings. The Morgan fingerprint density at radius 1 is 1.27 bits per heavy atom. The molecule has 0 bridgehead atoms. The van der Waals surface area contributed by atoms with E-state index in [1.165, 1.54) is 12.1 Å². The van der Waals surface area contributed by atoms with E-state index in [2.05, 4.69) is 15.6 Å². The zero-order valence-corrected chi connectivity index (χ0v) is 13.1. The van der Waals surface area contributed by atoms with Crippen molar-refractivity contribution in [3.05, 3.63) is 35.6 Å². The van der Waals surface area contributed by atoms with Crippen molar-refractivity contribution in [2.75, 3.05) is 27.2 Å². The van der Waals surface area contributed by atoms with Crippen LogP contribution in [0, 0.1) is 11.7 Å². The molecule has 1 aliphatic rings. The quantitative estimate of drug-likeness (QED) is 0.474. The number of hydrogen-bond acceptors (Lipinski definition) is 2. The summed E-state index contributed by atoms with van der Waals surface area (Å²) in [5, 5.41) is 6.10. The molecule has 1 saturated carbocycles. The van der Waals surface area contributed by atoms with Crippen LogP contribution in [0.5, 0.6) is 0 Å². The van der Waals surface area contributed by atoms with Crippen LogP contribution in [0.1, 0.15) is 18.4 Å². The first-order valence-electron chi connectivity index (χ1n) is 7.54. The highest BCUT2D eigenvalue weighted by Gasteiger charge is 2.28. The average molecular weight is 306 g/mol. The highest BCUT2D eigenvalue weighted by Crippen LogP contribution is 2.28. The smallest absolute Gasteiger partial charge is 0.223 e. The second-order valence-corrected chi connectivity index (χ2v) is 5.52. The SMILES string of the molecule is CN=C(NCCNC(=O)C1CC1)N(C)Cc1ccc(F)cc1. The lowest BCUT2D eigenvalue weighted by Gasteiger charge is -2.22. The van der Waals surface area contributed by atoms with Crippen molar-refractivity contribution in [3.63, 3.8) is 0 Å². The number of carbonyl (C=O) groups is 1. The first-order chi connectivity index (χ1) is 10.6. The molecule has 2 rings (SSSR count). The lowest BCUT2D eigenvalue weighted by Crippen LogP contribution is -2.42. The fraction of sp³-hybridized carbons (Fsp3) is 0.500. The third kappa shape index (κ3) is 5.02. The molecular weight excluding hydrogens is 283 g/mol. The molecule has 1 fully saturated rings. The van der Waals surface area contributed by atoms with Gasteiger partial charge in [-0.25, -0.2) is 4.39 Å². The standard InChI is InChI=1S/C16H23FN4O/c1-18-16(20-10-9-19-15(22)13-5-6-13)21(2)11-12-3-7-14(17)8-4-12/h3-4,7-8,13H,5-6,9-11H2,1-2H3,(H,18,20)(H,19,22). The van der Waals surface area contributed by atoms with Gasteiger partial charge in [-0.2, -0.15) is 0 Å². The molecule has 0 saturated heterocycles. The van der Waals surface area contributed by atoms with E-state index >= 15 is 0 Å². The molecular formula is C16H23FN4O. The molecule has 0 aliphatic heterocycles. The van der Waals surface area contributed by atoms with E-state index in [9.17, 15) is 9.18 Å². The fourth-order valence-corrected chi connectivity index (χ4v) is 2.17. The third-order valence-corrected chi connectivity index (χ3v) is 3.56. The van der Waals surface area contributed by atoms with Gasteiger partial charge in [0.25, 0.3) is 0 Å². The Morgan fingerprint density at radius 2 is 1.91 bits per heavy atom. The van der Waals surface area contributed by atoms with Crippen LogP contribution in [0.3, 0.4) is 0 Å². The van der Waals surface area contributed by atoms with Crippen molar-refractivity contribution in [2.24, 2.45) is 10.9 Å². The van der Waals surface area contributed by atoms with E-state index in [-0.39, 0.29) is 17.6 Å². The Kier molecular flexibility index (Phi) is 5.75. The second-order valence-electron chi connectivity index (χ2n) is 5.52. The van der Waals surface area contributed by atoms with Crippen molar-refractivity contribution in [2.45, 2.75) is 19.4 Å². The molecule has 120 valence electrons. The average Bonchev–Trinajstić information content (AvgIpc) is 3.34. The number of halogens is 1. The number of amides is 1. The molecule has 0 heterocycles. The van der Waals surface area contributed by atoms with Crippen LogP contribution in [0.2, 0.25) is 0 Å². The largest absolute Gasteiger partial charge is 0.354 e. The number of aliphatic imine (C=N–C) groups is 1. The van der Waals surface area contributed by atoms with Gasteiger partial charge in [0.1, 0.15) is 5.82 Å². The van der Waals surface area contributed by atoms with Crippen LogP contribution in [0.25, 0.3) is 0 Å². The molecule has 0 aromatic heterocycles. The second kappa shape index (κ2) is 7.77. The maximum atomic E-state index is 12.9. The topological polar surface area (TPSA) is 56.7 Å². The summed E-state index contributed by atoms with van der Waals surface area (Å²) in [4.78, 5) is 17.7. The van der Waals surface area contributed by atoms with E-state index in [0.717, 1.165) is 24.4 Å². The van der Waals surface area contributed by atoms with Crippen LogP contribution in [-0.4, -0.2) is 44.0 Å². The van der Waals surface area contributed by atoms with Crippen LogP contribution in [0.4, 0.5) is 4.39 Å². The summed E-state index contributed by atoms with van der Waals surface area (Å²) in [6.45, 7) is 1.84. The summed E-state index contributed by atoms with van der Waals surface area (Å²) in [5.41, 5.74) is 1.01. The number of guanidine groups is 1. The van der Waals surface area contributed by atoms with Gasteiger partial charge in [0.05, 0.1) is 0 Å². The van der Waals surface area contributed by atoms with E-state index in [1.54, 1.807) is 19.2 Å². The molecule has 22 heavy (non-hydrogen) atoms. The summed E-state index contributed by atoms with van der Waals surface area (Å²) in [5.74, 6) is 0.891. The van der Waals surface area contributed by atoms with Gasteiger partial charge in [-0.1, -0.05) is 12.1 Å². The zero-order valence-electron chi connectivity index (χ0n) is 13.1. The van der Waals surface area contributed by atoms with E-state index in [4.69, 9.17) is 0 Å². The van der Waals surface area contributed by atoms with Crippen molar-refractivity contribution in [3.8, 4) is 0 Å². The van der Waals surface area contributed by atoms with Gasteiger partial charge in [-0.05, 0) is 30.5 Å². The van der Waals surface area contributed by atoms with Gasteiger partial charge in [-0.15, -0.1) is 0 Å². The summed E-state index contributed by atoms with van der Waals surface area (Å²) in [7, 11) is 3.63. The Morgan fingerprint density at radius 3 is 2.50 bits per heavy atom. The Bertz CT molecular complexity index is 525. The van der Waals surface area contributed by atoms with Gasteiger partial charge in [0.15, 0.2) is 5.96 Å². The van der Waals surface area contributed by atoms with Gasteiger partial charge < -0.3 is 15.5 Å². The van der Waals surface area contributed by atoms with Crippen LogP contribution in [-0.2, 0) is 11.3 Å². The minimum atomic E-state index is -0.236. The number of benzene rings is 1. The zero-order chi connectivity index (χ0) is 15.9. The summed E-state index contributed by atoms with van der Waals surface area (Å²) >= 11 is 0. The third-order valence-electron chi connectivity index (χ3n) is 3.56. The van der Waals surface area contributed by atoms with Gasteiger partial charge >= 0.3 is 0 Å². The number of nitrogens with zero attached hydrogens (tertiary/aromatic N) is 2. The molecule has 0 radical (unpaired) electrons. The highest BCUT2D eigenvalue weighted by molar-refractivity contribution is 5.81. The number of nitrogens with one attached hydrogen (secondary N) is 2. The molecule has 1 aliphatic carbocycles.